The van der Waals surface area contributed by atoms with Crippen molar-refractivity contribution in [1.82, 2.24) is 0 Å². The van der Waals surface area contributed by atoms with Crippen LogP contribution in [0.25, 0.3) is 0 Å². The van der Waals surface area contributed by atoms with E-state index in [2.05, 4.69) is 20.1 Å². The zero-order valence-electron chi connectivity index (χ0n) is 17.7. The fourth-order valence-electron chi connectivity index (χ4n) is 7.35. The molecule has 6 atom stereocenters. The smallest absolute Gasteiger partial charge is 0.335 e. The molecule has 0 aliphatic heterocycles. The Morgan fingerprint density at radius 1 is 1.30 bits per heavy atom. The van der Waals surface area contributed by atoms with Crippen LogP contribution in [0.15, 0.2) is 47.8 Å². The molecule has 3 saturated carbocycles. The summed E-state index contributed by atoms with van der Waals surface area (Å²) in [7, 11) is 0. The van der Waals surface area contributed by atoms with Gasteiger partial charge in [0.1, 0.15) is 0 Å². The summed E-state index contributed by atoms with van der Waals surface area (Å²) in [4.78, 5) is 23.3. The molecule has 4 rings (SSSR count). The predicted octanol–water partition coefficient (Wildman–Crippen LogP) is 4.50. The van der Waals surface area contributed by atoms with Crippen molar-refractivity contribution in [2.24, 2.45) is 29.1 Å². The van der Waals surface area contributed by atoms with E-state index in [1.165, 1.54) is 5.57 Å². The van der Waals surface area contributed by atoms with Crippen molar-refractivity contribution in [3.63, 3.8) is 0 Å². The van der Waals surface area contributed by atoms with Crippen LogP contribution in [0.5, 0.6) is 0 Å². The van der Waals surface area contributed by atoms with Crippen molar-refractivity contribution in [2.45, 2.75) is 63.9 Å². The number of carboxylic acids is 1. The lowest BCUT2D eigenvalue weighted by atomic mass is 9.48. The van der Waals surface area contributed by atoms with Crippen LogP contribution in [0.1, 0.15) is 58.3 Å². The largest absolute Gasteiger partial charge is 0.515 e. The number of fused-ring (bicyclic) bond motifs is 5. The lowest BCUT2D eigenvalue weighted by Crippen LogP contribution is -2.54. The quantitative estimate of drug-likeness (QED) is 0.359. The van der Waals surface area contributed by atoms with Crippen molar-refractivity contribution in [3.8, 4) is 0 Å². The van der Waals surface area contributed by atoms with E-state index in [-0.39, 0.29) is 17.8 Å². The van der Waals surface area contributed by atoms with Gasteiger partial charge in [0.25, 0.3) is 0 Å². The van der Waals surface area contributed by atoms with Gasteiger partial charge < -0.3 is 15.3 Å². The van der Waals surface area contributed by atoms with Gasteiger partial charge in [-0.1, -0.05) is 31.2 Å². The minimum absolute atomic E-state index is 0.0527. The number of aliphatic hydroxyl groups is 2. The van der Waals surface area contributed by atoms with Crippen LogP contribution in [-0.2, 0) is 9.59 Å². The first-order valence-corrected chi connectivity index (χ1v) is 11.0. The topological polar surface area (TPSA) is 94.8 Å². The molecule has 30 heavy (non-hydrogen) atoms. The van der Waals surface area contributed by atoms with E-state index in [1.807, 2.05) is 6.08 Å². The van der Waals surface area contributed by atoms with Crippen LogP contribution < -0.4 is 0 Å². The molecule has 0 unspecified atom stereocenters. The third-order valence-corrected chi connectivity index (χ3v) is 8.77. The summed E-state index contributed by atoms with van der Waals surface area (Å²) < 4.78 is 0. The van der Waals surface area contributed by atoms with E-state index < -0.39 is 17.0 Å². The van der Waals surface area contributed by atoms with E-state index in [0.717, 1.165) is 31.3 Å². The first-order valence-electron chi connectivity index (χ1n) is 11.0. The summed E-state index contributed by atoms with van der Waals surface area (Å²) in [5.74, 6) is 0.517. The van der Waals surface area contributed by atoms with Gasteiger partial charge in [0.05, 0.1) is 17.4 Å². The number of allylic oxidation sites excluding steroid dienone is 2. The Labute approximate surface area is 177 Å². The Bertz CT molecular complexity index is 880. The third-order valence-electron chi connectivity index (χ3n) is 8.77. The molecule has 5 heteroatoms. The van der Waals surface area contributed by atoms with Crippen LogP contribution in [0.4, 0.5) is 0 Å². The van der Waals surface area contributed by atoms with Crippen molar-refractivity contribution >= 4 is 11.8 Å². The highest BCUT2D eigenvalue weighted by atomic mass is 16.4. The van der Waals surface area contributed by atoms with Gasteiger partial charge in [-0.15, -0.1) is 0 Å². The number of carbonyl (C=O) groups is 2. The minimum Gasteiger partial charge on any atom is -0.515 e. The van der Waals surface area contributed by atoms with Gasteiger partial charge in [-0.25, -0.2) is 4.79 Å². The second-order valence-electron chi connectivity index (χ2n) is 10.1. The van der Waals surface area contributed by atoms with Gasteiger partial charge in [0.15, 0.2) is 5.78 Å². The summed E-state index contributed by atoms with van der Waals surface area (Å²) in [6, 6.07) is 0. The monoisotopic (exact) mass is 412 g/mol. The first-order chi connectivity index (χ1) is 14.1. The Balaban J connectivity index is 1.63. The van der Waals surface area contributed by atoms with Crippen molar-refractivity contribution in [3.05, 3.63) is 47.8 Å². The molecular formula is C25H32O5. The van der Waals surface area contributed by atoms with Gasteiger partial charge >= 0.3 is 5.97 Å². The number of carboxylic acid groups (broad SMARTS) is 1. The zero-order chi connectivity index (χ0) is 21.8. The molecule has 4 aliphatic carbocycles. The third kappa shape index (κ3) is 2.93. The lowest BCUT2D eigenvalue weighted by Gasteiger charge is -2.57. The summed E-state index contributed by atoms with van der Waals surface area (Å²) >= 11 is 0. The molecule has 3 fully saturated rings. The Kier molecular flexibility index (Phi) is 5.08. The van der Waals surface area contributed by atoms with Crippen LogP contribution in [0.3, 0.4) is 0 Å². The fraction of sp³-hybridized carbons (Fsp3) is 0.600. The standard InChI is InChI=1S/C25H32O5/c1-14-12-24(3)21(8-9-25(24,30)15(2)10-17(13-26)23(28)29)20-6-4-16-11-18(27)5-7-19(16)22(14)20/h11,13,19-22,26,30H,1-2,4-10,12H2,3H3,(H,28,29)/b17-13-/t19-,20-,21-,22+,24-,25+/m0/s1. The molecule has 0 saturated heterocycles. The maximum absolute atomic E-state index is 11.9. The maximum atomic E-state index is 11.9. The van der Waals surface area contributed by atoms with Gasteiger partial charge in [-0.05, 0) is 73.8 Å². The predicted molar refractivity (Wildman–Crippen MR) is 114 cm³/mol. The number of hydrogen-bond donors (Lipinski definition) is 3. The molecule has 162 valence electrons. The number of rotatable bonds is 4. The average molecular weight is 413 g/mol. The highest BCUT2D eigenvalue weighted by Gasteiger charge is 2.64. The number of hydrogen-bond acceptors (Lipinski definition) is 4. The summed E-state index contributed by atoms with van der Waals surface area (Å²) in [5, 5.41) is 30.4. The molecule has 0 aromatic rings. The summed E-state index contributed by atoms with van der Waals surface area (Å²) in [6.45, 7) is 10.6. The summed E-state index contributed by atoms with van der Waals surface area (Å²) in [6.07, 6.45) is 7.96. The average Bonchev–Trinajstić information content (AvgIpc) is 2.96. The Morgan fingerprint density at radius 2 is 2.03 bits per heavy atom. The van der Waals surface area contributed by atoms with Crippen LogP contribution in [0.2, 0.25) is 0 Å². The Morgan fingerprint density at radius 3 is 2.70 bits per heavy atom. The highest BCUT2D eigenvalue weighted by molar-refractivity contribution is 5.91. The van der Waals surface area contributed by atoms with Gasteiger partial charge in [0, 0.05) is 18.3 Å². The van der Waals surface area contributed by atoms with E-state index in [9.17, 15) is 24.9 Å². The van der Waals surface area contributed by atoms with Gasteiger partial charge in [-0.2, -0.15) is 0 Å². The van der Waals surface area contributed by atoms with E-state index >= 15 is 0 Å². The van der Waals surface area contributed by atoms with Crippen LogP contribution in [0, 0.1) is 29.1 Å². The molecule has 0 radical (unpaired) electrons. The number of carbonyl (C=O) groups excluding carboxylic acids is 1. The summed E-state index contributed by atoms with van der Waals surface area (Å²) in [5.41, 5.74) is 1.09. The minimum atomic E-state index is -1.20. The van der Waals surface area contributed by atoms with Crippen molar-refractivity contribution in [2.75, 3.05) is 0 Å². The van der Waals surface area contributed by atoms with Crippen molar-refractivity contribution < 1.29 is 24.9 Å². The molecule has 0 amide bonds. The molecule has 3 N–H and O–H groups in total. The highest BCUT2D eigenvalue weighted by Crippen LogP contribution is 2.67. The van der Waals surface area contributed by atoms with Gasteiger partial charge in [-0.3, -0.25) is 4.79 Å². The molecule has 5 nitrogen and oxygen atoms in total. The first kappa shape index (κ1) is 21.1. The lowest BCUT2D eigenvalue weighted by molar-refractivity contribution is -0.133. The van der Waals surface area contributed by atoms with E-state index in [0.29, 0.717) is 54.8 Å². The second kappa shape index (κ2) is 7.23. The van der Waals surface area contributed by atoms with E-state index in [1.54, 1.807) is 0 Å². The number of aliphatic hydroxyl groups excluding tert-OH is 1. The van der Waals surface area contributed by atoms with Crippen LogP contribution >= 0.6 is 0 Å². The molecule has 0 heterocycles. The molecule has 0 aromatic heterocycles. The van der Waals surface area contributed by atoms with E-state index in [4.69, 9.17) is 0 Å². The SMILES string of the molecule is C=C1C[C@@]2(C)[C@@H](CC[C@@]2(O)C(=C)C/C(=C/O)C(=O)O)[C@@H]2CCC3=CC(=O)CC[C@@H]3[C@@H]12. The van der Waals surface area contributed by atoms with Crippen LogP contribution in [-0.4, -0.2) is 32.7 Å². The Hall–Kier alpha value is -2.14. The number of aliphatic carboxylic acids is 1. The molecule has 0 aromatic carbocycles. The molecule has 4 aliphatic rings. The zero-order valence-corrected chi connectivity index (χ0v) is 17.7. The normalized spacial score (nSPS) is 40.9. The fourth-order valence-corrected chi connectivity index (χ4v) is 7.35. The number of ketones is 1. The van der Waals surface area contributed by atoms with Gasteiger partial charge in [0.2, 0.25) is 0 Å². The second-order valence-corrected chi connectivity index (χ2v) is 10.1. The molecular weight excluding hydrogens is 380 g/mol. The maximum Gasteiger partial charge on any atom is 0.335 e. The molecule has 0 spiro atoms. The van der Waals surface area contributed by atoms with Crippen molar-refractivity contribution in [1.29, 1.82) is 0 Å². The molecule has 0 bridgehead atoms.